The fraction of sp³-hybridized carbons (Fsp3) is 0.588. The Labute approximate surface area is 150 Å². The topological polar surface area (TPSA) is 47.6 Å². The second kappa shape index (κ2) is 8.57. The molecule has 9 heteroatoms. The van der Waals surface area contributed by atoms with Gasteiger partial charge in [0.2, 0.25) is 0 Å². The first kappa shape index (κ1) is 20.3. The number of alkyl halides is 3. The third kappa shape index (κ3) is 6.36. The fourth-order valence-corrected chi connectivity index (χ4v) is 2.98. The summed E-state index contributed by atoms with van der Waals surface area (Å²) in [6, 6.07) is 4.31. The number of hydrogen-bond donors (Lipinski definition) is 2. The van der Waals surface area contributed by atoms with Crippen LogP contribution < -0.4 is 15.5 Å². The largest absolute Gasteiger partial charge is 0.401 e. The number of benzene rings is 1. The van der Waals surface area contributed by atoms with E-state index >= 15 is 0 Å². The lowest BCUT2D eigenvalue weighted by molar-refractivity contribution is -0.143. The predicted molar refractivity (Wildman–Crippen MR) is 91.6 cm³/mol. The van der Waals surface area contributed by atoms with Gasteiger partial charge < -0.3 is 15.5 Å². The number of nitrogens with zero attached hydrogens (tertiary/aromatic N) is 2. The molecule has 26 heavy (non-hydrogen) atoms. The van der Waals surface area contributed by atoms with E-state index in [1.165, 1.54) is 11.0 Å². The van der Waals surface area contributed by atoms with Gasteiger partial charge in [-0.1, -0.05) is 6.07 Å². The summed E-state index contributed by atoms with van der Waals surface area (Å²) in [5.41, 5.74) is 1.09. The number of carbonyl (C=O) groups is 1. The highest BCUT2D eigenvalue weighted by Gasteiger charge is 2.34. The Kier molecular flexibility index (Phi) is 6.69. The molecular formula is C17H24F4N4O. The molecule has 0 bridgehead atoms. The number of carbonyl (C=O) groups excluding carboxylic acids is 1. The van der Waals surface area contributed by atoms with Crippen molar-refractivity contribution in [2.24, 2.45) is 5.92 Å². The number of nitrogens with one attached hydrogen (secondary N) is 2. The van der Waals surface area contributed by atoms with Crippen molar-refractivity contribution in [2.45, 2.75) is 19.1 Å². The molecule has 0 unspecified atom stereocenters. The lowest BCUT2D eigenvalue weighted by Crippen LogP contribution is -2.39. The highest BCUT2D eigenvalue weighted by atomic mass is 19.4. The Balaban J connectivity index is 1.71. The van der Waals surface area contributed by atoms with Gasteiger partial charge in [0.25, 0.3) is 0 Å². The standard InChI is InChI=1S/C17H24F4N4O/c1-24(2)15-4-3-12(7-14(15)18)8-22-16(26)23-9-13-5-6-25(10-13)11-17(19,20)21/h3-4,7,13H,5-6,8-11H2,1-2H3,(H2,22,23,26)/t13-/m0/s1. The number of rotatable bonds is 6. The molecule has 2 amide bonds. The molecule has 0 spiro atoms. The van der Waals surface area contributed by atoms with Crippen molar-refractivity contribution in [1.82, 2.24) is 15.5 Å². The van der Waals surface area contributed by atoms with Crippen LogP contribution in [-0.2, 0) is 6.54 Å². The van der Waals surface area contributed by atoms with Gasteiger partial charge in [-0.3, -0.25) is 4.90 Å². The van der Waals surface area contributed by atoms with Crippen LogP contribution in [0, 0.1) is 11.7 Å². The molecule has 2 N–H and O–H groups in total. The van der Waals surface area contributed by atoms with Gasteiger partial charge in [-0.05, 0) is 36.6 Å². The van der Waals surface area contributed by atoms with Crippen molar-refractivity contribution < 1.29 is 22.4 Å². The maximum Gasteiger partial charge on any atom is 0.401 e. The zero-order valence-corrected chi connectivity index (χ0v) is 14.9. The summed E-state index contributed by atoms with van der Waals surface area (Å²) < 4.78 is 50.9. The molecule has 2 rings (SSSR count). The molecule has 5 nitrogen and oxygen atoms in total. The zero-order chi connectivity index (χ0) is 19.3. The second-order valence-corrected chi connectivity index (χ2v) is 6.75. The molecule has 1 atom stereocenters. The molecular weight excluding hydrogens is 352 g/mol. The molecule has 0 saturated carbocycles. The first-order valence-electron chi connectivity index (χ1n) is 8.40. The Morgan fingerprint density at radius 2 is 2.04 bits per heavy atom. The van der Waals surface area contributed by atoms with Crippen LogP contribution in [0.25, 0.3) is 0 Å². The Bertz CT molecular complexity index is 621. The molecule has 1 fully saturated rings. The molecule has 146 valence electrons. The van der Waals surface area contributed by atoms with E-state index in [4.69, 9.17) is 0 Å². The highest BCUT2D eigenvalue weighted by molar-refractivity contribution is 5.73. The van der Waals surface area contributed by atoms with Gasteiger partial charge >= 0.3 is 12.2 Å². The van der Waals surface area contributed by atoms with Crippen LogP contribution in [0.1, 0.15) is 12.0 Å². The van der Waals surface area contributed by atoms with Crippen LogP contribution in [0.2, 0.25) is 0 Å². The third-order valence-electron chi connectivity index (χ3n) is 4.27. The van der Waals surface area contributed by atoms with Crippen molar-refractivity contribution in [3.8, 4) is 0 Å². The minimum absolute atomic E-state index is 0.0000747. The van der Waals surface area contributed by atoms with E-state index in [9.17, 15) is 22.4 Å². The summed E-state index contributed by atoms with van der Waals surface area (Å²) in [7, 11) is 3.48. The van der Waals surface area contributed by atoms with E-state index in [-0.39, 0.29) is 18.3 Å². The summed E-state index contributed by atoms with van der Waals surface area (Å²) in [5, 5.41) is 5.29. The van der Waals surface area contributed by atoms with Gasteiger partial charge in [0.05, 0.1) is 12.2 Å². The van der Waals surface area contributed by atoms with Crippen molar-refractivity contribution in [1.29, 1.82) is 0 Å². The first-order chi connectivity index (χ1) is 12.1. The monoisotopic (exact) mass is 376 g/mol. The Morgan fingerprint density at radius 1 is 1.31 bits per heavy atom. The summed E-state index contributed by atoms with van der Waals surface area (Å²) in [6.45, 7) is 0.266. The molecule has 1 heterocycles. The number of likely N-dealkylation sites (tertiary alicyclic amines) is 1. The highest BCUT2D eigenvalue weighted by Crippen LogP contribution is 2.22. The van der Waals surface area contributed by atoms with Crippen LogP contribution in [0.5, 0.6) is 0 Å². The van der Waals surface area contributed by atoms with Crippen LogP contribution in [-0.4, -0.2) is 57.4 Å². The normalized spacial score (nSPS) is 18.0. The number of urea groups is 1. The SMILES string of the molecule is CN(C)c1ccc(CNC(=O)NC[C@@H]2CCN(CC(F)(F)F)C2)cc1F. The summed E-state index contributed by atoms with van der Waals surface area (Å²) in [6.07, 6.45) is -3.58. The van der Waals surface area contributed by atoms with E-state index < -0.39 is 18.8 Å². The molecule has 1 aliphatic rings. The first-order valence-corrected chi connectivity index (χ1v) is 8.40. The number of halogens is 4. The van der Waals surface area contributed by atoms with Gasteiger partial charge in [-0.15, -0.1) is 0 Å². The van der Waals surface area contributed by atoms with Crippen molar-refractivity contribution in [3.63, 3.8) is 0 Å². The number of anilines is 1. The maximum atomic E-state index is 13.9. The van der Waals surface area contributed by atoms with Crippen molar-refractivity contribution in [3.05, 3.63) is 29.6 Å². The molecule has 1 saturated heterocycles. The lowest BCUT2D eigenvalue weighted by atomic mass is 10.1. The van der Waals surface area contributed by atoms with E-state index in [0.29, 0.717) is 37.3 Å². The van der Waals surface area contributed by atoms with Gasteiger partial charge in [0, 0.05) is 33.7 Å². The molecule has 1 aromatic carbocycles. The van der Waals surface area contributed by atoms with Crippen LogP contribution in [0.3, 0.4) is 0 Å². The lowest BCUT2D eigenvalue weighted by Gasteiger charge is -2.18. The van der Waals surface area contributed by atoms with E-state index in [2.05, 4.69) is 10.6 Å². The number of amides is 2. The minimum Gasteiger partial charge on any atom is -0.375 e. The Hall–Kier alpha value is -2.03. The molecule has 1 aliphatic heterocycles. The van der Waals surface area contributed by atoms with Gasteiger partial charge in [0.1, 0.15) is 5.82 Å². The fourth-order valence-electron chi connectivity index (χ4n) is 2.98. The van der Waals surface area contributed by atoms with Crippen molar-refractivity contribution >= 4 is 11.7 Å². The van der Waals surface area contributed by atoms with Gasteiger partial charge in [0.15, 0.2) is 0 Å². The quantitative estimate of drug-likeness (QED) is 0.751. The zero-order valence-electron chi connectivity index (χ0n) is 14.9. The number of hydrogen-bond acceptors (Lipinski definition) is 3. The molecule has 0 radical (unpaired) electrons. The third-order valence-corrected chi connectivity index (χ3v) is 4.27. The van der Waals surface area contributed by atoms with E-state index in [1.54, 1.807) is 31.1 Å². The molecule has 0 aromatic heterocycles. The summed E-state index contributed by atoms with van der Waals surface area (Å²) in [4.78, 5) is 14.8. The predicted octanol–water partition coefficient (Wildman–Crippen LogP) is 2.58. The summed E-state index contributed by atoms with van der Waals surface area (Å²) in [5.74, 6) is -0.370. The summed E-state index contributed by atoms with van der Waals surface area (Å²) >= 11 is 0. The Morgan fingerprint density at radius 3 is 2.65 bits per heavy atom. The van der Waals surface area contributed by atoms with Crippen LogP contribution >= 0.6 is 0 Å². The average Bonchev–Trinajstić information content (AvgIpc) is 2.96. The average molecular weight is 376 g/mol. The minimum atomic E-state index is -4.20. The van der Waals surface area contributed by atoms with Crippen LogP contribution in [0.4, 0.5) is 28.0 Å². The van der Waals surface area contributed by atoms with Crippen molar-refractivity contribution in [2.75, 3.05) is 45.2 Å². The smallest absolute Gasteiger partial charge is 0.375 e. The van der Waals surface area contributed by atoms with Crippen LogP contribution in [0.15, 0.2) is 18.2 Å². The van der Waals surface area contributed by atoms with Gasteiger partial charge in [-0.25, -0.2) is 9.18 Å². The second-order valence-electron chi connectivity index (χ2n) is 6.75. The van der Waals surface area contributed by atoms with E-state index in [0.717, 1.165) is 0 Å². The maximum absolute atomic E-state index is 13.9. The van der Waals surface area contributed by atoms with E-state index in [1.807, 2.05) is 0 Å². The molecule has 1 aromatic rings. The molecule has 0 aliphatic carbocycles. The van der Waals surface area contributed by atoms with Gasteiger partial charge in [-0.2, -0.15) is 13.2 Å².